The monoisotopic (exact) mass is 360 g/mol. The lowest BCUT2D eigenvalue weighted by molar-refractivity contribution is -0.187. The van der Waals surface area contributed by atoms with Gasteiger partial charge in [-0.2, -0.15) is 0 Å². The number of amides is 1. The minimum absolute atomic E-state index is 0.220. The Bertz CT molecular complexity index is 637. The summed E-state index contributed by atoms with van der Waals surface area (Å²) >= 11 is 0. The molecule has 4 heterocycles. The Morgan fingerprint density at radius 3 is 2.77 bits per heavy atom. The highest BCUT2D eigenvalue weighted by Crippen LogP contribution is 2.31. The molecule has 7 heteroatoms. The smallest absolute Gasteiger partial charge is 0.236 e. The number of hydrogen-bond acceptors (Lipinski definition) is 6. The largest absolute Gasteiger partial charge is 0.347 e. The van der Waals surface area contributed by atoms with Gasteiger partial charge in [0.05, 0.1) is 19.8 Å². The molecule has 4 rings (SSSR count). The number of nitrogens with zero attached hydrogens (tertiary/aromatic N) is 4. The first-order chi connectivity index (χ1) is 12.6. The van der Waals surface area contributed by atoms with E-state index in [-0.39, 0.29) is 5.91 Å². The van der Waals surface area contributed by atoms with E-state index >= 15 is 0 Å². The minimum atomic E-state index is -0.419. The highest BCUT2D eigenvalue weighted by Gasteiger charge is 2.41. The van der Waals surface area contributed by atoms with Crippen molar-refractivity contribution in [2.24, 2.45) is 0 Å². The van der Waals surface area contributed by atoms with Crippen LogP contribution in [0.15, 0.2) is 12.3 Å². The third kappa shape index (κ3) is 3.89. The van der Waals surface area contributed by atoms with Crippen LogP contribution in [0.2, 0.25) is 0 Å². The van der Waals surface area contributed by atoms with E-state index in [1.54, 1.807) is 0 Å². The molecule has 3 aliphatic rings. The van der Waals surface area contributed by atoms with Crippen LogP contribution in [0.1, 0.15) is 43.1 Å². The zero-order valence-corrected chi connectivity index (χ0v) is 15.5. The number of carbonyl (C=O) groups excluding carboxylic acids is 1. The molecule has 3 fully saturated rings. The van der Waals surface area contributed by atoms with Crippen molar-refractivity contribution in [1.82, 2.24) is 19.8 Å². The average molecular weight is 360 g/mol. The first-order valence-electron chi connectivity index (χ1n) is 9.71. The van der Waals surface area contributed by atoms with E-state index in [0.29, 0.717) is 25.7 Å². The minimum Gasteiger partial charge on any atom is -0.347 e. The molecule has 3 aliphatic heterocycles. The molecule has 1 aromatic heterocycles. The van der Waals surface area contributed by atoms with Gasteiger partial charge >= 0.3 is 0 Å². The number of ether oxygens (including phenoxy) is 2. The van der Waals surface area contributed by atoms with Crippen LogP contribution in [0.25, 0.3) is 0 Å². The van der Waals surface area contributed by atoms with E-state index in [4.69, 9.17) is 9.47 Å². The van der Waals surface area contributed by atoms with Crippen molar-refractivity contribution < 1.29 is 14.3 Å². The second-order valence-electron chi connectivity index (χ2n) is 7.59. The molecule has 7 nitrogen and oxygen atoms in total. The van der Waals surface area contributed by atoms with Gasteiger partial charge in [0.2, 0.25) is 5.91 Å². The van der Waals surface area contributed by atoms with Crippen LogP contribution >= 0.6 is 0 Å². The summed E-state index contributed by atoms with van der Waals surface area (Å²) in [4.78, 5) is 25.8. The quantitative estimate of drug-likeness (QED) is 0.810. The highest BCUT2D eigenvalue weighted by molar-refractivity contribution is 5.78. The second kappa shape index (κ2) is 7.58. The molecular weight excluding hydrogens is 332 g/mol. The molecular formula is C19H28N4O3. The number of aromatic nitrogens is 2. The van der Waals surface area contributed by atoms with Crippen molar-refractivity contribution in [3.8, 4) is 0 Å². The molecule has 3 saturated heterocycles. The summed E-state index contributed by atoms with van der Waals surface area (Å²) in [5.41, 5.74) is 1.10. The fourth-order valence-corrected chi connectivity index (χ4v) is 4.32. The van der Waals surface area contributed by atoms with Gasteiger partial charge in [-0.15, -0.1) is 0 Å². The third-order valence-electron chi connectivity index (χ3n) is 5.77. The van der Waals surface area contributed by atoms with Crippen LogP contribution in [-0.2, 0) is 14.3 Å². The summed E-state index contributed by atoms with van der Waals surface area (Å²) in [6.07, 6.45) is 5.62. The van der Waals surface area contributed by atoms with Gasteiger partial charge in [0, 0.05) is 50.3 Å². The molecule has 26 heavy (non-hydrogen) atoms. The summed E-state index contributed by atoms with van der Waals surface area (Å²) in [6.45, 7) is 7.09. The normalized spacial score (nSPS) is 26.3. The van der Waals surface area contributed by atoms with Crippen molar-refractivity contribution in [2.75, 3.05) is 45.9 Å². The van der Waals surface area contributed by atoms with E-state index in [1.807, 2.05) is 24.1 Å². The Balaban J connectivity index is 1.30. The average Bonchev–Trinajstić information content (AvgIpc) is 3.10. The Morgan fingerprint density at radius 2 is 2.04 bits per heavy atom. The van der Waals surface area contributed by atoms with Crippen LogP contribution in [0.3, 0.4) is 0 Å². The predicted molar refractivity (Wildman–Crippen MR) is 95.6 cm³/mol. The van der Waals surface area contributed by atoms with Crippen LogP contribution in [0.5, 0.6) is 0 Å². The number of piperidine rings is 2. The molecule has 0 aromatic carbocycles. The SMILES string of the molecule is Cc1nccc(C2CCCN(CC(=O)N3CCC4(CC3)OCCO4)C2)n1. The van der Waals surface area contributed by atoms with Crippen molar-refractivity contribution in [3.63, 3.8) is 0 Å². The van der Waals surface area contributed by atoms with E-state index < -0.39 is 5.79 Å². The fourth-order valence-electron chi connectivity index (χ4n) is 4.32. The van der Waals surface area contributed by atoms with Gasteiger partial charge < -0.3 is 14.4 Å². The first-order valence-corrected chi connectivity index (χ1v) is 9.71. The molecule has 1 amide bonds. The summed E-state index contributed by atoms with van der Waals surface area (Å²) in [7, 11) is 0. The van der Waals surface area contributed by atoms with Crippen LogP contribution in [-0.4, -0.2) is 77.4 Å². The van der Waals surface area contributed by atoms with Crippen molar-refractivity contribution in [3.05, 3.63) is 23.8 Å². The topological polar surface area (TPSA) is 67.8 Å². The first kappa shape index (κ1) is 17.8. The maximum atomic E-state index is 12.7. The Labute approximate surface area is 154 Å². The Morgan fingerprint density at radius 1 is 1.27 bits per heavy atom. The van der Waals surface area contributed by atoms with Gasteiger partial charge in [-0.05, 0) is 32.4 Å². The number of rotatable bonds is 3. The van der Waals surface area contributed by atoms with Gasteiger partial charge in [0.15, 0.2) is 5.79 Å². The van der Waals surface area contributed by atoms with E-state index in [1.165, 1.54) is 0 Å². The van der Waals surface area contributed by atoms with Crippen molar-refractivity contribution in [2.45, 2.75) is 44.3 Å². The predicted octanol–water partition coefficient (Wildman–Crippen LogP) is 1.33. The maximum Gasteiger partial charge on any atom is 0.236 e. The van der Waals surface area contributed by atoms with Gasteiger partial charge in [-0.25, -0.2) is 9.97 Å². The fraction of sp³-hybridized carbons (Fsp3) is 0.737. The summed E-state index contributed by atoms with van der Waals surface area (Å²) in [5.74, 6) is 1.01. The summed E-state index contributed by atoms with van der Waals surface area (Å²) in [6, 6.07) is 2.01. The molecule has 0 aliphatic carbocycles. The number of carbonyl (C=O) groups is 1. The Kier molecular flexibility index (Phi) is 5.20. The third-order valence-corrected chi connectivity index (χ3v) is 5.77. The summed E-state index contributed by atoms with van der Waals surface area (Å²) in [5, 5.41) is 0. The van der Waals surface area contributed by atoms with Gasteiger partial charge in [-0.3, -0.25) is 9.69 Å². The van der Waals surface area contributed by atoms with Crippen LogP contribution in [0, 0.1) is 6.92 Å². The van der Waals surface area contributed by atoms with E-state index in [2.05, 4.69) is 14.9 Å². The second-order valence-corrected chi connectivity index (χ2v) is 7.59. The lowest BCUT2D eigenvalue weighted by Crippen LogP contribution is -2.50. The van der Waals surface area contributed by atoms with Crippen molar-refractivity contribution in [1.29, 1.82) is 0 Å². The van der Waals surface area contributed by atoms with Gasteiger partial charge in [0.1, 0.15) is 5.82 Å². The van der Waals surface area contributed by atoms with Crippen molar-refractivity contribution >= 4 is 5.91 Å². The van der Waals surface area contributed by atoms with Gasteiger partial charge in [0.25, 0.3) is 0 Å². The zero-order chi connectivity index (χ0) is 18.0. The standard InChI is InChI=1S/C19H28N4O3/c1-15-20-7-4-17(21-15)16-3-2-8-22(13-16)14-18(24)23-9-5-19(6-10-23)25-11-12-26-19/h4,7,16H,2-3,5-6,8-14H2,1H3. The van der Waals surface area contributed by atoms with E-state index in [0.717, 1.165) is 63.4 Å². The van der Waals surface area contributed by atoms with E-state index in [9.17, 15) is 4.79 Å². The molecule has 1 spiro atoms. The molecule has 1 atom stereocenters. The molecule has 142 valence electrons. The lowest BCUT2D eigenvalue weighted by Gasteiger charge is -2.39. The molecule has 1 aromatic rings. The molecule has 1 unspecified atom stereocenters. The highest BCUT2D eigenvalue weighted by atomic mass is 16.7. The number of hydrogen-bond donors (Lipinski definition) is 0. The number of aryl methyl sites for hydroxylation is 1. The van der Waals surface area contributed by atoms with Crippen LogP contribution in [0.4, 0.5) is 0 Å². The zero-order valence-electron chi connectivity index (χ0n) is 15.5. The van der Waals surface area contributed by atoms with Crippen LogP contribution < -0.4 is 0 Å². The lowest BCUT2D eigenvalue weighted by atomic mass is 9.94. The Hall–Kier alpha value is -1.57. The molecule has 0 radical (unpaired) electrons. The maximum absolute atomic E-state index is 12.7. The molecule has 0 saturated carbocycles. The number of likely N-dealkylation sites (tertiary alicyclic amines) is 2. The summed E-state index contributed by atoms with van der Waals surface area (Å²) < 4.78 is 11.5. The molecule has 0 bridgehead atoms. The molecule has 0 N–H and O–H groups in total. The van der Waals surface area contributed by atoms with Gasteiger partial charge in [-0.1, -0.05) is 0 Å².